The number of nitrogens with one attached hydrogen (secondary N) is 1. The second-order valence-electron chi connectivity index (χ2n) is 6.11. The average Bonchev–Trinajstić information content (AvgIpc) is 3.01. The molecule has 1 saturated heterocycles. The molecule has 1 aromatic rings. The second-order valence-corrected chi connectivity index (χ2v) is 7.09. The minimum absolute atomic E-state index is 0.169. The highest BCUT2D eigenvalue weighted by molar-refractivity contribution is 7.98. The smallest absolute Gasteiger partial charge is 0.241 e. The van der Waals surface area contributed by atoms with Crippen LogP contribution in [0.2, 0.25) is 0 Å². The predicted octanol–water partition coefficient (Wildman–Crippen LogP) is 1.16. The van der Waals surface area contributed by atoms with E-state index in [1.807, 2.05) is 30.5 Å². The predicted molar refractivity (Wildman–Crippen MR) is 98.7 cm³/mol. The molecule has 0 aliphatic carbocycles. The maximum atomic E-state index is 12.1. The van der Waals surface area contributed by atoms with E-state index in [9.17, 15) is 9.59 Å². The molecule has 2 atom stereocenters. The Morgan fingerprint density at radius 1 is 1.46 bits per heavy atom. The fourth-order valence-electron chi connectivity index (χ4n) is 2.93. The highest BCUT2D eigenvalue weighted by Gasteiger charge is 2.28. The van der Waals surface area contributed by atoms with Crippen molar-refractivity contribution in [3.8, 4) is 0 Å². The normalized spacial score (nSPS) is 19.2. The molecule has 0 aromatic heterocycles. The number of likely N-dealkylation sites (tertiary alicyclic amines) is 1. The van der Waals surface area contributed by atoms with E-state index in [-0.39, 0.29) is 17.9 Å². The highest BCUT2D eigenvalue weighted by atomic mass is 32.2. The van der Waals surface area contributed by atoms with Crippen LogP contribution in [0, 0.1) is 0 Å². The van der Waals surface area contributed by atoms with Crippen LogP contribution in [0.4, 0.5) is 5.69 Å². The molecule has 0 spiro atoms. The molecule has 6 nitrogen and oxygen atoms in total. The van der Waals surface area contributed by atoms with Gasteiger partial charge in [-0.3, -0.25) is 14.5 Å². The van der Waals surface area contributed by atoms with Gasteiger partial charge in [0, 0.05) is 12.2 Å². The van der Waals surface area contributed by atoms with Gasteiger partial charge in [0.1, 0.15) is 0 Å². The molecule has 1 fully saturated rings. The Bertz CT molecular complexity index is 581. The van der Waals surface area contributed by atoms with Crippen molar-refractivity contribution in [2.75, 3.05) is 23.9 Å². The summed E-state index contributed by atoms with van der Waals surface area (Å²) in [5.74, 6) is 0.423. The Morgan fingerprint density at radius 3 is 2.96 bits per heavy atom. The molecule has 5 N–H and O–H groups in total. The van der Waals surface area contributed by atoms with Crippen molar-refractivity contribution in [1.82, 2.24) is 4.90 Å². The Balaban J connectivity index is 1.96. The number of carbonyl (C=O) groups excluding carboxylic acids is 2. The van der Waals surface area contributed by atoms with Crippen LogP contribution in [0.5, 0.6) is 0 Å². The lowest BCUT2D eigenvalue weighted by molar-refractivity contribution is -0.122. The molecule has 24 heavy (non-hydrogen) atoms. The molecule has 2 amide bonds. The zero-order valence-corrected chi connectivity index (χ0v) is 14.8. The number of nitrogens with two attached hydrogens (primary N) is 2. The molecule has 2 rings (SSSR count). The molecule has 1 aromatic carbocycles. The standard InChI is InChI=1S/C17H26N4O2S/c1-24-9-7-14(18)17(23)20-13-5-2-4-12(10-13)11-21-8-3-6-15(21)16(19)22/h2,4-5,10,14-15H,3,6-9,11,18H2,1H3,(H2,19,22)(H,20,23)/t14-,15?/m0/s1. The van der Waals surface area contributed by atoms with Crippen molar-refractivity contribution >= 4 is 29.3 Å². The summed E-state index contributed by atoms with van der Waals surface area (Å²) in [6.45, 7) is 1.51. The third-order valence-corrected chi connectivity index (χ3v) is 4.89. The third kappa shape index (κ3) is 5.22. The number of benzene rings is 1. The Hall–Kier alpha value is -1.57. The maximum Gasteiger partial charge on any atom is 0.241 e. The number of thioether (sulfide) groups is 1. The van der Waals surface area contributed by atoms with Gasteiger partial charge in [0.25, 0.3) is 0 Å². The zero-order valence-electron chi connectivity index (χ0n) is 14.0. The van der Waals surface area contributed by atoms with Crippen molar-refractivity contribution < 1.29 is 9.59 Å². The number of carbonyl (C=O) groups is 2. The lowest BCUT2D eigenvalue weighted by Gasteiger charge is -2.22. The van der Waals surface area contributed by atoms with E-state index in [1.54, 1.807) is 11.8 Å². The number of rotatable bonds is 8. The van der Waals surface area contributed by atoms with Crippen molar-refractivity contribution in [3.63, 3.8) is 0 Å². The first-order valence-electron chi connectivity index (χ1n) is 8.19. The molecule has 0 radical (unpaired) electrons. The molecule has 0 saturated carbocycles. The van der Waals surface area contributed by atoms with Crippen LogP contribution < -0.4 is 16.8 Å². The van der Waals surface area contributed by atoms with Gasteiger partial charge in [-0.2, -0.15) is 11.8 Å². The largest absolute Gasteiger partial charge is 0.368 e. The number of anilines is 1. The molecule has 1 aliphatic heterocycles. The molecule has 7 heteroatoms. The second kappa shape index (κ2) is 9.05. The van der Waals surface area contributed by atoms with Gasteiger partial charge in [-0.1, -0.05) is 12.1 Å². The van der Waals surface area contributed by atoms with Crippen LogP contribution in [0.15, 0.2) is 24.3 Å². The first-order chi connectivity index (χ1) is 11.5. The molecule has 132 valence electrons. The van der Waals surface area contributed by atoms with E-state index in [0.717, 1.165) is 36.4 Å². The summed E-state index contributed by atoms with van der Waals surface area (Å²) in [6.07, 6.45) is 4.44. The molecular weight excluding hydrogens is 324 g/mol. The zero-order chi connectivity index (χ0) is 17.5. The minimum Gasteiger partial charge on any atom is -0.368 e. The fourth-order valence-corrected chi connectivity index (χ4v) is 3.42. The topological polar surface area (TPSA) is 101 Å². The highest BCUT2D eigenvalue weighted by Crippen LogP contribution is 2.21. The van der Waals surface area contributed by atoms with Crippen molar-refractivity contribution in [2.45, 2.75) is 37.9 Å². The molecule has 1 aliphatic rings. The van der Waals surface area contributed by atoms with Gasteiger partial charge in [-0.15, -0.1) is 0 Å². The average molecular weight is 350 g/mol. The monoisotopic (exact) mass is 350 g/mol. The molecule has 1 heterocycles. The van der Waals surface area contributed by atoms with Gasteiger partial charge in [0.15, 0.2) is 0 Å². The van der Waals surface area contributed by atoms with Crippen LogP contribution in [0.25, 0.3) is 0 Å². The van der Waals surface area contributed by atoms with E-state index < -0.39 is 6.04 Å². The minimum atomic E-state index is -0.501. The van der Waals surface area contributed by atoms with E-state index in [4.69, 9.17) is 11.5 Å². The van der Waals surface area contributed by atoms with Crippen LogP contribution in [0.3, 0.4) is 0 Å². The molecule has 0 bridgehead atoms. The van der Waals surface area contributed by atoms with Gasteiger partial charge >= 0.3 is 0 Å². The number of amides is 2. The van der Waals surface area contributed by atoms with E-state index >= 15 is 0 Å². The Kier molecular flexibility index (Phi) is 7.08. The Labute approximate surface area is 147 Å². The van der Waals surface area contributed by atoms with Gasteiger partial charge in [0.2, 0.25) is 11.8 Å². The van der Waals surface area contributed by atoms with Gasteiger partial charge < -0.3 is 16.8 Å². The van der Waals surface area contributed by atoms with Crippen LogP contribution in [0.1, 0.15) is 24.8 Å². The van der Waals surface area contributed by atoms with Crippen LogP contribution in [-0.2, 0) is 16.1 Å². The lowest BCUT2D eigenvalue weighted by atomic mass is 10.1. The van der Waals surface area contributed by atoms with E-state index in [1.165, 1.54) is 0 Å². The summed E-state index contributed by atoms with van der Waals surface area (Å²) in [7, 11) is 0. The SMILES string of the molecule is CSCC[C@H](N)C(=O)Nc1cccc(CN2CCCC2C(N)=O)c1. The summed E-state index contributed by atoms with van der Waals surface area (Å²) in [4.78, 5) is 25.7. The van der Waals surface area contributed by atoms with Crippen molar-refractivity contribution in [2.24, 2.45) is 11.5 Å². The lowest BCUT2D eigenvalue weighted by Crippen LogP contribution is -2.39. The maximum absolute atomic E-state index is 12.1. The van der Waals surface area contributed by atoms with E-state index in [0.29, 0.717) is 13.0 Å². The molecular formula is C17H26N4O2S. The first-order valence-corrected chi connectivity index (χ1v) is 9.58. The number of primary amides is 1. The molecule has 1 unspecified atom stereocenters. The fraction of sp³-hybridized carbons (Fsp3) is 0.529. The number of hydrogen-bond donors (Lipinski definition) is 3. The van der Waals surface area contributed by atoms with Crippen LogP contribution >= 0.6 is 11.8 Å². The summed E-state index contributed by atoms with van der Waals surface area (Å²) >= 11 is 1.67. The van der Waals surface area contributed by atoms with Gasteiger partial charge in [-0.05, 0) is 55.5 Å². The van der Waals surface area contributed by atoms with Gasteiger partial charge in [0.05, 0.1) is 12.1 Å². The number of nitrogens with zero attached hydrogens (tertiary/aromatic N) is 1. The third-order valence-electron chi connectivity index (χ3n) is 4.24. The van der Waals surface area contributed by atoms with E-state index in [2.05, 4.69) is 10.2 Å². The number of hydrogen-bond acceptors (Lipinski definition) is 5. The quantitative estimate of drug-likeness (QED) is 0.653. The van der Waals surface area contributed by atoms with Crippen LogP contribution in [-0.4, -0.2) is 47.4 Å². The summed E-state index contributed by atoms with van der Waals surface area (Å²) in [6, 6.07) is 6.96. The first kappa shape index (κ1) is 18.8. The Morgan fingerprint density at radius 2 is 2.25 bits per heavy atom. The van der Waals surface area contributed by atoms with Gasteiger partial charge in [-0.25, -0.2) is 0 Å². The van der Waals surface area contributed by atoms with Crippen molar-refractivity contribution in [3.05, 3.63) is 29.8 Å². The summed E-state index contributed by atoms with van der Waals surface area (Å²) in [5.41, 5.74) is 13.1. The summed E-state index contributed by atoms with van der Waals surface area (Å²) in [5, 5.41) is 2.87. The van der Waals surface area contributed by atoms with Crippen molar-refractivity contribution in [1.29, 1.82) is 0 Å². The summed E-state index contributed by atoms with van der Waals surface area (Å²) < 4.78 is 0.